The summed E-state index contributed by atoms with van der Waals surface area (Å²) >= 11 is 5.91. The van der Waals surface area contributed by atoms with Crippen molar-refractivity contribution >= 4 is 23.5 Å². The minimum Gasteiger partial charge on any atom is -0.484 e. The number of amides is 1. The van der Waals surface area contributed by atoms with Crippen molar-refractivity contribution in [2.75, 3.05) is 13.7 Å². The summed E-state index contributed by atoms with van der Waals surface area (Å²) in [5.74, 6) is -0.377. The van der Waals surface area contributed by atoms with Gasteiger partial charge in [0, 0.05) is 5.02 Å². The van der Waals surface area contributed by atoms with E-state index < -0.39 is 12.0 Å². The molecule has 1 amide bonds. The Labute approximate surface area is 129 Å². The molecular formula is C15H20ClNO4. The minimum absolute atomic E-state index is 0.0702. The fourth-order valence-electron chi connectivity index (χ4n) is 1.70. The third kappa shape index (κ3) is 5.27. The Bertz CT molecular complexity index is 516. The fraction of sp³-hybridized carbons (Fsp3) is 0.467. The Morgan fingerprint density at radius 2 is 2.00 bits per heavy atom. The highest BCUT2D eigenvalue weighted by atomic mass is 35.5. The number of halogens is 1. The molecule has 0 heterocycles. The van der Waals surface area contributed by atoms with E-state index in [1.807, 2.05) is 20.8 Å². The molecule has 0 saturated heterocycles. The number of hydrogen-bond acceptors (Lipinski definition) is 4. The Balaban J connectivity index is 2.56. The van der Waals surface area contributed by atoms with Gasteiger partial charge in [-0.2, -0.15) is 0 Å². The van der Waals surface area contributed by atoms with Crippen LogP contribution in [0.4, 0.5) is 0 Å². The van der Waals surface area contributed by atoms with Crippen molar-refractivity contribution in [3.8, 4) is 5.75 Å². The lowest BCUT2D eigenvalue weighted by molar-refractivity contribution is -0.146. The molecule has 0 saturated carbocycles. The number of hydrogen-bond donors (Lipinski definition) is 1. The smallest absolute Gasteiger partial charge is 0.328 e. The fourth-order valence-corrected chi connectivity index (χ4v) is 1.81. The van der Waals surface area contributed by atoms with Crippen molar-refractivity contribution in [1.82, 2.24) is 5.32 Å². The standard InChI is InChI=1S/C15H20ClNO4/c1-9(2)14(15(19)20-4)17-13(18)8-21-11-5-6-12(16)10(3)7-11/h5-7,9,14H,8H2,1-4H3,(H,17,18). The van der Waals surface area contributed by atoms with Gasteiger partial charge in [-0.15, -0.1) is 0 Å². The summed E-state index contributed by atoms with van der Waals surface area (Å²) in [7, 11) is 1.29. The summed E-state index contributed by atoms with van der Waals surface area (Å²) in [5, 5.41) is 3.24. The zero-order valence-corrected chi connectivity index (χ0v) is 13.4. The lowest BCUT2D eigenvalue weighted by atomic mass is 10.0. The normalized spacial score (nSPS) is 11.9. The Morgan fingerprint density at radius 1 is 1.33 bits per heavy atom. The van der Waals surface area contributed by atoms with Gasteiger partial charge in [0.2, 0.25) is 0 Å². The maximum absolute atomic E-state index is 11.8. The lowest BCUT2D eigenvalue weighted by Crippen LogP contribution is -2.46. The van der Waals surface area contributed by atoms with Gasteiger partial charge in [0.25, 0.3) is 5.91 Å². The van der Waals surface area contributed by atoms with Crippen molar-refractivity contribution in [2.45, 2.75) is 26.8 Å². The van der Waals surface area contributed by atoms with Crippen LogP contribution in [-0.2, 0) is 14.3 Å². The van der Waals surface area contributed by atoms with E-state index in [1.165, 1.54) is 7.11 Å². The molecule has 1 aromatic rings. The highest BCUT2D eigenvalue weighted by molar-refractivity contribution is 6.31. The predicted molar refractivity (Wildman–Crippen MR) is 80.5 cm³/mol. The molecule has 0 spiro atoms. The second-order valence-corrected chi connectivity index (χ2v) is 5.42. The van der Waals surface area contributed by atoms with Crippen LogP contribution in [0, 0.1) is 12.8 Å². The van der Waals surface area contributed by atoms with Crippen molar-refractivity contribution in [1.29, 1.82) is 0 Å². The number of rotatable bonds is 6. The molecule has 0 aliphatic rings. The summed E-state index contributed by atoms with van der Waals surface area (Å²) in [6, 6.07) is 4.45. The summed E-state index contributed by atoms with van der Waals surface area (Å²) < 4.78 is 10.0. The van der Waals surface area contributed by atoms with Gasteiger partial charge in [0.15, 0.2) is 6.61 Å². The monoisotopic (exact) mass is 313 g/mol. The SMILES string of the molecule is COC(=O)C(NC(=O)COc1ccc(Cl)c(C)c1)C(C)C. The molecule has 0 fully saturated rings. The molecule has 1 N–H and O–H groups in total. The van der Waals surface area contributed by atoms with Crippen molar-refractivity contribution in [3.05, 3.63) is 28.8 Å². The third-order valence-corrected chi connectivity index (χ3v) is 3.36. The third-order valence-electron chi connectivity index (χ3n) is 2.94. The van der Waals surface area contributed by atoms with Gasteiger partial charge in [-0.05, 0) is 36.6 Å². The van der Waals surface area contributed by atoms with Crippen LogP contribution in [-0.4, -0.2) is 31.6 Å². The van der Waals surface area contributed by atoms with Gasteiger partial charge in [-0.3, -0.25) is 4.79 Å². The topological polar surface area (TPSA) is 64.6 Å². The van der Waals surface area contributed by atoms with Crippen LogP contribution in [0.2, 0.25) is 5.02 Å². The zero-order chi connectivity index (χ0) is 16.0. The van der Waals surface area contributed by atoms with Crippen molar-refractivity contribution in [3.63, 3.8) is 0 Å². The van der Waals surface area contributed by atoms with Crippen LogP contribution in [0.1, 0.15) is 19.4 Å². The van der Waals surface area contributed by atoms with E-state index in [4.69, 9.17) is 16.3 Å². The van der Waals surface area contributed by atoms with Crippen LogP contribution in [0.15, 0.2) is 18.2 Å². The predicted octanol–water partition coefficient (Wildman–Crippen LogP) is 2.34. The molecule has 116 valence electrons. The molecule has 0 bridgehead atoms. The summed E-state index contributed by atoms with van der Waals surface area (Å²) in [6.45, 7) is 5.32. The van der Waals surface area contributed by atoms with E-state index >= 15 is 0 Å². The van der Waals surface area contributed by atoms with E-state index in [-0.39, 0.29) is 18.4 Å². The number of benzene rings is 1. The molecule has 0 radical (unpaired) electrons. The molecule has 0 aromatic heterocycles. The van der Waals surface area contributed by atoms with Crippen LogP contribution in [0.3, 0.4) is 0 Å². The van der Waals surface area contributed by atoms with E-state index in [1.54, 1.807) is 18.2 Å². The van der Waals surface area contributed by atoms with Gasteiger partial charge < -0.3 is 14.8 Å². The highest BCUT2D eigenvalue weighted by Gasteiger charge is 2.24. The molecular weight excluding hydrogens is 294 g/mol. The molecule has 21 heavy (non-hydrogen) atoms. The first-order valence-electron chi connectivity index (χ1n) is 6.61. The van der Waals surface area contributed by atoms with E-state index in [0.717, 1.165) is 5.56 Å². The van der Waals surface area contributed by atoms with E-state index in [0.29, 0.717) is 10.8 Å². The first-order chi connectivity index (χ1) is 9.85. The van der Waals surface area contributed by atoms with E-state index in [9.17, 15) is 9.59 Å². The molecule has 0 aliphatic heterocycles. The summed E-state index contributed by atoms with van der Waals surface area (Å²) in [4.78, 5) is 23.4. The van der Waals surface area contributed by atoms with E-state index in [2.05, 4.69) is 10.1 Å². The minimum atomic E-state index is -0.682. The quantitative estimate of drug-likeness (QED) is 0.819. The molecule has 5 nitrogen and oxygen atoms in total. The largest absolute Gasteiger partial charge is 0.484 e. The average Bonchev–Trinajstić information content (AvgIpc) is 2.44. The Morgan fingerprint density at radius 3 is 2.52 bits per heavy atom. The van der Waals surface area contributed by atoms with Gasteiger partial charge in [-0.25, -0.2) is 4.79 Å². The number of carbonyl (C=O) groups is 2. The lowest BCUT2D eigenvalue weighted by Gasteiger charge is -2.19. The van der Waals surface area contributed by atoms with Gasteiger partial charge >= 0.3 is 5.97 Å². The second-order valence-electron chi connectivity index (χ2n) is 5.01. The Kier molecular flexibility index (Phi) is 6.49. The highest BCUT2D eigenvalue weighted by Crippen LogP contribution is 2.20. The maximum Gasteiger partial charge on any atom is 0.328 e. The molecule has 1 aromatic carbocycles. The maximum atomic E-state index is 11.8. The van der Waals surface area contributed by atoms with Gasteiger partial charge in [0.05, 0.1) is 7.11 Å². The Hall–Kier alpha value is -1.75. The zero-order valence-electron chi connectivity index (χ0n) is 12.6. The summed E-state index contributed by atoms with van der Waals surface area (Å²) in [6.07, 6.45) is 0. The molecule has 1 unspecified atom stereocenters. The number of nitrogens with one attached hydrogen (secondary N) is 1. The molecule has 1 atom stereocenters. The van der Waals surface area contributed by atoms with Crippen LogP contribution >= 0.6 is 11.6 Å². The molecule has 6 heteroatoms. The second kappa shape index (κ2) is 7.88. The molecule has 0 aliphatic carbocycles. The van der Waals surface area contributed by atoms with Gasteiger partial charge in [-0.1, -0.05) is 25.4 Å². The number of esters is 1. The van der Waals surface area contributed by atoms with Gasteiger partial charge in [0.1, 0.15) is 11.8 Å². The van der Waals surface area contributed by atoms with Crippen molar-refractivity contribution < 1.29 is 19.1 Å². The van der Waals surface area contributed by atoms with Crippen molar-refractivity contribution in [2.24, 2.45) is 5.92 Å². The first kappa shape index (κ1) is 17.3. The number of methoxy groups -OCH3 is 1. The summed E-state index contributed by atoms with van der Waals surface area (Å²) in [5.41, 5.74) is 0.865. The van der Waals surface area contributed by atoms with Crippen LogP contribution in [0.5, 0.6) is 5.75 Å². The van der Waals surface area contributed by atoms with Crippen LogP contribution in [0.25, 0.3) is 0 Å². The number of ether oxygens (including phenoxy) is 2. The van der Waals surface area contributed by atoms with Crippen LogP contribution < -0.4 is 10.1 Å². The number of aryl methyl sites for hydroxylation is 1. The first-order valence-corrected chi connectivity index (χ1v) is 6.99. The average molecular weight is 314 g/mol. The number of carbonyl (C=O) groups excluding carboxylic acids is 2. The molecule has 1 rings (SSSR count).